The van der Waals surface area contributed by atoms with Gasteiger partial charge in [-0.1, -0.05) is 11.8 Å². The molecule has 0 bridgehead atoms. The van der Waals surface area contributed by atoms with Gasteiger partial charge in [-0.2, -0.15) is 0 Å². The van der Waals surface area contributed by atoms with Gasteiger partial charge < -0.3 is 0 Å². The van der Waals surface area contributed by atoms with Gasteiger partial charge in [-0.15, -0.1) is 0 Å². The molecule has 0 aromatic carbocycles. The number of thioether (sulfide) groups is 1. The molecule has 1 fully saturated rings. The highest BCUT2D eigenvalue weighted by Gasteiger charge is 2.33. The standard InChI is InChI=1S/C12H13IN2O2S/c1-7-3-9(13)5-14-12(7)15-6-10(4-11(15)17)18-8(2)16/h3,5,10H,4,6H2,1-2H3. The van der Waals surface area contributed by atoms with Crippen molar-refractivity contribution >= 4 is 51.2 Å². The Morgan fingerprint density at radius 1 is 1.61 bits per heavy atom. The molecule has 4 nitrogen and oxygen atoms in total. The third-order valence-corrected chi connectivity index (χ3v) is 4.27. The normalized spacial score (nSPS) is 19.4. The maximum absolute atomic E-state index is 12.0. The average Bonchev–Trinajstić information content (AvgIpc) is 2.58. The topological polar surface area (TPSA) is 50.3 Å². The lowest BCUT2D eigenvalue weighted by Crippen LogP contribution is -2.26. The Bertz CT molecular complexity index is 507. The van der Waals surface area contributed by atoms with Gasteiger partial charge in [-0.05, 0) is 41.1 Å². The van der Waals surface area contributed by atoms with E-state index in [9.17, 15) is 9.59 Å². The molecule has 1 unspecified atom stereocenters. The van der Waals surface area contributed by atoms with Crippen molar-refractivity contribution in [3.05, 3.63) is 21.4 Å². The van der Waals surface area contributed by atoms with Crippen LogP contribution in [0.15, 0.2) is 12.3 Å². The van der Waals surface area contributed by atoms with Crippen molar-refractivity contribution in [1.82, 2.24) is 4.98 Å². The molecule has 1 aliphatic rings. The second-order valence-corrected chi connectivity index (χ2v) is 6.96. The molecule has 1 amide bonds. The number of anilines is 1. The van der Waals surface area contributed by atoms with Gasteiger partial charge in [0.25, 0.3) is 0 Å². The van der Waals surface area contributed by atoms with E-state index in [0.29, 0.717) is 18.8 Å². The van der Waals surface area contributed by atoms with Gasteiger partial charge in [0.2, 0.25) is 5.91 Å². The van der Waals surface area contributed by atoms with E-state index in [1.165, 1.54) is 18.7 Å². The van der Waals surface area contributed by atoms with E-state index in [-0.39, 0.29) is 16.3 Å². The summed E-state index contributed by atoms with van der Waals surface area (Å²) in [5, 5.41) is 0.109. The summed E-state index contributed by atoms with van der Waals surface area (Å²) in [6.45, 7) is 4.05. The molecule has 96 valence electrons. The number of amides is 1. The lowest BCUT2D eigenvalue weighted by Gasteiger charge is -2.17. The van der Waals surface area contributed by atoms with Crippen LogP contribution in [0.5, 0.6) is 0 Å². The molecule has 1 aromatic heterocycles. The highest BCUT2D eigenvalue weighted by molar-refractivity contribution is 14.1. The molecule has 1 atom stereocenters. The van der Waals surface area contributed by atoms with E-state index in [1.807, 2.05) is 13.0 Å². The van der Waals surface area contributed by atoms with Gasteiger partial charge in [-0.25, -0.2) is 4.98 Å². The highest BCUT2D eigenvalue weighted by Crippen LogP contribution is 2.29. The zero-order valence-electron chi connectivity index (χ0n) is 10.1. The molecule has 1 aromatic rings. The molecule has 18 heavy (non-hydrogen) atoms. The maximum atomic E-state index is 12.0. The van der Waals surface area contributed by atoms with Crippen LogP contribution in [0, 0.1) is 10.5 Å². The number of hydrogen-bond donors (Lipinski definition) is 0. The summed E-state index contributed by atoms with van der Waals surface area (Å²) in [4.78, 5) is 29.1. The molecular formula is C12H13IN2O2S. The van der Waals surface area contributed by atoms with Crippen LogP contribution in [0.3, 0.4) is 0 Å². The Labute approximate surface area is 124 Å². The first-order valence-corrected chi connectivity index (χ1v) is 7.53. The van der Waals surface area contributed by atoms with Crippen LogP contribution in [0.25, 0.3) is 0 Å². The van der Waals surface area contributed by atoms with Crippen molar-refractivity contribution in [3.8, 4) is 0 Å². The summed E-state index contributed by atoms with van der Waals surface area (Å²) in [5.41, 5.74) is 0.990. The fourth-order valence-electron chi connectivity index (χ4n) is 2.01. The first kappa shape index (κ1) is 13.8. The molecular weight excluding hydrogens is 363 g/mol. The third kappa shape index (κ3) is 3.03. The van der Waals surface area contributed by atoms with E-state index in [4.69, 9.17) is 0 Å². The molecule has 2 rings (SSSR count). The minimum Gasteiger partial charge on any atom is -0.295 e. The Hall–Kier alpha value is -0.630. The van der Waals surface area contributed by atoms with Crippen LogP contribution in [-0.2, 0) is 9.59 Å². The van der Waals surface area contributed by atoms with Crippen LogP contribution in [0.2, 0.25) is 0 Å². The fourth-order valence-corrected chi connectivity index (χ4v) is 3.53. The number of nitrogens with zero attached hydrogens (tertiary/aromatic N) is 2. The van der Waals surface area contributed by atoms with E-state index in [2.05, 4.69) is 27.6 Å². The summed E-state index contributed by atoms with van der Waals surface area (Å²) < 4.78 is 1.05. The number of aromatic nitrogens is 1. The number of aryl methyl sites for hydroxylation is 1. The molecule has 6 heteroatoms. The minimum atomic E-state index is 0.0468. The Morgan fingerprint density at radius 3 is 2.94 bits per heavy atom. The van der Waals surface area contributed by atoms with E-state index in [1.54, 1.807) is 11.1 Å². The number of hydrogen-bond acceptors (Lipinski definition) is 4. The first-order chi connectivity index (χ1) is 8.47. The van der Waals surface area contributed by atoms with Gasteiger partial charge in [0.15, 0.2) is 5.12 Å². The van der Waals surface area contributed by atoms with Gasteiger partial charge in [-0.3, -0.25) is 14.5 Å². The number of rotatable bonds is 2. The van der Waals surface area contributed by atoms with Gasteiger partial charge in [0.05, 0.1) is 0 Å². The summed E-state index contributed by atoms with van der Waals surface area (Å²) >= 11 is 3.44. The van der Waals surface area contributed by atoms with Crippen molar-refractivity contribution in [2.24, 2.45) is 0 Å². The SMILES string of the molecule is CC(=O)SC1CC(=O)N(c2ncc(I)cc2C)C1. The van der Waals surface area contributed by atoms with Crippen LogP contribution >= 0.6 is 34.4 Å². The van der Waals surface area contributed by atoms with Crippen LogP contribution in [0.4, 0.5) is 5.82 Å². The zero-order valence-corrected chi connectivity index (χ0v) is 13.1. The maximum Gasteiger partial charge on any atom is 0.229 e. The van der Waals surface area contributed by atoms with Crippen molar-refractivity contribution in [2.45, 2.75) is 25.5 Å². The number of pyridine rings is 1. The van der Waals surface area contributed by atoms with Crippen LogP contribution in [-0.4, -0.2) is 27.8 Å². The second kappa shape index (κ2) is 5.56. The first-order valence-electron chi connectivity index (χ1n) is 5.57. The zero-order chi connectivity index (χ0) is 13.3. The summed E-state index contributed by atoms with van der Waals surface area (Å²) in [7, 11) is 0. The second-order valence-electron chi connectivity index (χ2n) is 4.23. The lowest BCUT2D eigenvalue weighted by atomic mass is 10.3. The molecule has 1 saturated heterocycles. The van der Waals surface area contributed by atoms with E-state index in [0.717, 1.165) is 9.13 Å². The fraction of sp³-hybridized carbons (Fsp3) is 0.417. The average molecular weight is 376 g/mol. The van der Waals surface area contributed by atoms with E-state index < -0.39 is 0 Å². The number of carbonyl (C=O) groups excluding carboxylic acids is 2. The quantitative estimate of drug-likeness (QED) is 0.744. The predicted molar refractivity (Wildman–Crippen MR) is 80.7 cm³/mol. The van der Waals surface area contributed by atoms with Crippen LogP contribution in [0.1, 0.15) is 18.9 Å². The van der Waals surface area contributed by atoms with E-state index >= 15 is 0 Å². The largest absolute Gasteiger partial charge is 0.295 e. The Balaban J connectivity index is 2.19. The molecule has 0 radical (unpaired) electrons. The Kier molecular flexibility index (Phi) is 4.26. The molecule has 0 N–H and O–H groups in total. The van der Waals surface area contributed by atoms with Gasteiger partial charge in [0.1, 0.15) is 5.82 Å². The summed E-state index contributed by atoms with van der Waals surface area (Å²) in [6, 6.07) is 2.00. The molecule has 2 heterocycles. The number of carbonyl (C=O) groups is 2. The van der Waals surface area contributed by atoms with Crippen molar-refractivity contribution < 1.29 is 9.59 Å². The highest BCUT2D eigenvalue weighted by atomic mass is 127. The summed E-state index contributed by atoms with van der Waals surface area (Å²) in [6.07, 6.45) is 2.17. The molecule has 0 aliphatic carbocycles. The molecule has 1 aliphatic heterocycles. The monoisotopic (exact) mass is 376 g/mol. The molecule has 0 saturated carbocycles. The van der Waals surface area contributed by atoms with Crippen molar-refractivity contribution in [3.63, 3.8) is 0 Å². The van der Waals surface area contributed by atoms with Crippen molar-refractivity contribution in [2.75, 3.05) is 11.4 Å². The smallest absolute Gasteiger partial charge is 0.229 e. The van der Waals surface area contributed by atoms with Gasteiger partial charge >= 0.3 is 0 Å². The number of halogens is 1. The van der Waals surface area contributed by atoms with Gasteiger partial charge in [0, 0.05) is 34.9 Å². The van der Waals surface area contributed by atoms with Crippen molar-refractivity contribution in [1.29, 1.82) is 0 Å². The third-order valence-electron chi connectivity index (χ3n) is 2.70. The minimum absolute atomic E-state index is 0.0468. The Morgan fingerprint density at radius 2 is 2.33 bits per heavy atom. The molecule has 0 spiro atoms. The lowest BCUT2D eigenvalue weighted by molar-refractivity contribution is -0.117. The summed E-state index contributed by atoms with van der Waals surface area (Å²) in [5.74, 6) is 0.762. The predicted octanol–water partition coefficient (Wildman–Crippen LogP) is 2.38. The van der Waals surface area contributed by atoms with Crippen LogP contribution < -0.4 is 4.90 Å².